The standard InChI is InChI=1S/C13H19N3O2S2/c1-4-7-20-9-5-6-10(14)11(8-9)15-12(19-3)16-13(17)18-2/h5-6,8H,4,7,14H2,1-3H3,(H,15,16,17). The molecular formula is C13H19N3O2S2. The number of amidine groups is 1. The molecule has 20 heavy (non-hydrogen) atoms. The van der Waals surface area contributed by atoms with E-state index in [9.17, 15) is 4.79 Å². The number of amides is 1. The van der Waals surface area contributed by atoms with Crippen LogP contribution in [0.2, 0.25) is 0 Å². The summed E-state index contributed by atoms with van der Waals surface area (Å²) in [6.07, 6.45) is 2.38. The summed E-state index contributed by atoms with van der Waals surface area (Å²) in [4.78, 5) is 16.7. The first kappa shape index (κ1) is 16.7. The van der Waals surface area contributed by atoms with Gasteiger partial charge in [0.2, 0.25) is 0 Å². The Kier molecular flexibility index (Phi) is 7.32. The summed E-state index contributed by atoms with van der Waals surface area (Å²) >= 11 is 3.07. The van der Waals surface area contributed by atoms with Crippen LogP contribution < -0.4 is 11.1 Å². The molecule has 0 aliphatic heterocycles. The third-order valence-electron chi connectivity index (χ3n) is 2.28. The minimum atomic E-state index is -0.548. The summed E-state index contributed by atoms with van der Waals surface area (Å²) in [5, 5.41) is 2.99. The minimum Gasteiger partial charge on any atom is -0.453 e. The number of anilines is 1. The number of nitrogens with two attached hydrogens (primary N) is 1. The van der Waals surface area contributed by atoms with Gasteiger partial charge >= 0.3 is 6.09 Å². The topological polar surface area (TPSA) is 76.7 Å². The number of methoxy groups -OCH3 is 1. The molecule has 5 nitrogen and oxygen atoms in total. The second-order valence-electron chi connectivity index (χ2n) is 3.81. The number of hydrogen-bond acceptors (Lipinski definition) is 6. The number of benzene rings is 1. The van der Waals surface area contributed by atoms with Gasteiger partial charge in [0, 0.05) is 4.90 Å². The number of ether oxygens (including phenoxy) is 1. The lowest BCUT2D eigenvalue weighted by Crippen LogP contribution is -2.27. The van der Waals surface area contributed by atoms with Crippen LogP contribution in [0.1, 0.15) is 13.3 Å². The first-order valence-electron chi connectivity index (χ1n) is 6.10. The largest absolute Gasteiger partial charge is 0.453 e. The number of nitrogens with one attached hydrogen (secondary N) is 1. The molecule has 7 heteroatoms. The van der Waals surface area contributed by atoms with Crippen molar-refractivity contribution in [2.24, 2.45) is 4.99 Å². The molecule has 0 atom stereocenters. The fourth-order valence-corrected chi connectivity index (χ4v) is 2.48. The Morgan fingerprint density at radius 3 is 2.85 bits per heavy atom. The van der Waals surface area contributed by atoms with Crippen LogP contribution in [0.25, 0.3) is 0 Å². The van der Waals surface area contributed by atoms with Gasteiger partial charge in [0.05, 0.1) is 18.5 Å². The van der Waals surface area contributed by atoms with Gasteiger partial charge in [-0.05, 0) is 36.6 Å². The zero-order valence-electron chi connectivity index (χ0n) is 11.8. The Morgan fingerprint density at radius 1 is 1.50 bits per heavy atom. The van der Waals surface area contributed by atoms with Gasteiger partial charge in [0.1, 0.15) is 0 Å². The molecule has 1 rings (SSSR count). The zero-order chi connectivity index (χ0) is 15.0. The van der Waals surface area contributed by atoms with Gasteiger partial charge in [0.25, 0.3) is 0 Å². The molecule has 0 fully saturated rings. The van der Waals surface area contributed by atoms with E-state index in [0.29, 0.717) is 16.5 Å². The van der Waals surface area contributed by atoms with Crippen LogP contribution in [0.4, 0.5) is 16.2 Å². The molecule has 0 heterocycles. The van der Waals surface area contributed by atoms with E-state index in [0.717, 1.165) is 17.1 Å². The van der Waals surface area contributed by atoms with Crippen molar-refractivity contribution in [3.63, 3.8) is 0 Å². The van der Waals surface area contributed by atoms with Gasteiger partial charge in [-0.1, -0.05) is 18.7 Å². The first-order valence-corrected chi connectivity index (χ1v) is 8.31. The van der Waals surface area contributed by atoms with Gasteiger partial charge in [-0.2, -0.15) is 0 Å². The van der Waals surface area contributed by atoms with E-state index in [-0.39, 0.29) is 0 Å². The summed E-state index contributed by atoms with van der Waals surface area (Å²) in [6, 6.07) is 5.72. The van der Waals surface area contributed by atoms with Crippen LogP contribution >= 0.6 is 23.5 Å². The van der Waals surface area contributed by atoms with Crippen molar-refractivity contribution >= 4 is 46.2 Å². The summed E-state index contributed by atoms with van der Waals surface area (Å²) in [5.41, 5.74) is 7.13. The van der Waals surface area contributed by atoms with Gasteiger partial charge in [-0.3, -0.25) is 5.32 Å². The number of carbonyl (C=O) groups is 1. The smallest absolute Gasteiger partial charge is 0.412 e. The average Bonchev–Trinajstić information content (AvgIpc) is 2.46. The third kappa shape index (κ3) is 5.34. The highest BCUT2D eigenvalue weighted by Crippen LogP contribution is 2.29. The highest BCUT2D eigenvalue weighted by molar-refractivity contribution is 8.13. The van der Waals surface area contributed by atoms with Crippen LogP contribution in [0, 0.1) is 0 Å². The van der Waals surface area contributed by atoms with Gasteiger partial charge in [-0.25, -0.2) is 9.79 Å². The first-order chi connectivity index (χ1) is 9.60. The molecule has 0 aliphatic carbocycles. The lowest BCUT2D eigenvalue weighted by molar-refractivity contribution is 0.177. The van der Waals surface area contributed by atoms with Crippen molar-refractivity contribution in [2.75, 3.05) is 24.9 Å². The highest BCUT2D eigenvalue weighted by atomic mass is 32.2. The SMILES string of the molecule is CCCSc1ccc(N)c(N=C(NC(=O)OC)SC)c1. The van der Waals surface area contributed by atoms with E-state index in [1.807, 2.05) is 24.5 Å². The highest BCUT2D eigenvalue weighted by Gasteiger charge is 2.07. The second-order valence-corrected chi connectivity index (χ2v) is 5.77. The van der Waals surface area contributed by atoms with Crippen LogP contribution in [0.15, 0.2) is 28.1 Å². The molecule has 0 bridgehead atoms. The van der Waals surface area contributed by atoms with Gasteiger partial charge < -0.3 is 10.5 Å². The van der Waals surface area contributed by atoms with Crippen molar-refractivity contribution in [2.45, 2.75) is 18.2 Å². The van der Waals surface area contributed by atoms with E-state index in [4.69, 9.17) is 5.73 Å². The number of thioether (sulfide) groups is 2. The fraction of sp³-hybridized carbons (Fsp3) is 0.385. The molecule has 0 aliphatic rings. The zero-order valence-corrected chi connectivity index (χ0v) is 13.4. The Balaban J connectivity index is 2.94. The summed E-state index contributed by atoms with van der Waals surface area (Å²) in [7, 11) is 1.31. The lowest BCUT2D eigenvalue weighted by Gasteiger charge is -2.08. The molecule has 0 unspecified atom stereocenters. The second kappa shape index (κ2) is 8.76. The van der Waals surface area contributed by atoms with Crippen LogP contribution in [-0.4, -0.2) is 30.4 Å². The van der Waals surface area contributed by atoms with Gasteiger partial charge in [-0.15, -0.1) is 11.8 Å². The Hall–Kier alpha value is -1.34. The summed E-state index contributed by atoms with van der Waals surface area (Å²) < 4.78 is 4.55. The quantitative estimate of drug-likeness (QED) is 0.385. The van der Waals surface area contributed by atoms with Crippen molar-refractivity contribution in [1.29, 1.82) is 0 Å². The lowest BCUT2D eigenvalue weighted by atomic mass is 10.3. The van der Waals surface area contributed by atoms with Crippen molar-refractivity contribution in [3.8, 4) is 0 Å². The normalized spacial score (nSPS) is 11.2. The molecule has 110 valence electrons. The number of rotatable bonds is 4. The molecule has 1 aromatic carbocycles. The van der Waals surface area contributed by atoms with E-state index in [2.05, 4.69) is 22.0 Å². The maximum absolute atomic E-state index is 11.2. The number of nitrogen functional groups attached to an aromatic ring is 1. The van der Waals surface area contributed by atoms with Crippen molar-refractivity contribution in [1.82, 2.24) is 5.32 Å². The number of hydrogen-bond donors (Lipinski definition) is 2. The fourth-order valence-electron chi connectivity index (χ4n) is 1.30. The monoisotopic (exact) mass is 313 g/mol. The summed E-state index contributed by atoms with van der Waals surface area (Å²) in [5.74, 6) is 1.04. The number of aliphatic imine (C=N–C) groups is 1. The summed E-state index contributed by atoms with van der Waals surface area (Å²) in [6.45, 7) is 2.13. The Labute approximate surface area is 127 Å². The molecule has 0 aromatic heterocycles. The molecule has 3 N–H and O–H groups in total. The molecular weight excluding hydrogens is 294 g/mol. The molecule has 0 radical (unpaired) electrons. The van der Waals surface area contributed by atoms with E-state index >= 15 is 0 Å². The van der Waals surface area contributed by atoms with Crippen molar-refractivity contribution < 1.29 is 9.53 Å². The predicted octanol–water partition coefficient (Wildman–Crippen LogP) is 3.48. The molecule has 0 saturated carbocycles. The molecule has 1 amide bonds. The number of alkyl carbamates (subject to hydrolysis) is 1. The molecule has 1 aromatic rings. The van der Waals surface area contributed by atoms with Crippen LogP contribution in [-0.2, 0) is 4.74 Å². The van der Waals surface area contributed by atoms with E-state index in [1.165, 1.54) is 18.9 Å². The predicted molar refractivity (Wildman–Crippen MR) is 88.0 cm³/mol. The Morgan fingerprint density at radius 2 is 2.25 bits per heavy atom. The van der Waals surface area contributed by atoms with Crippen LogP contribution in [0.3, 0.4) is 0 Å². The third-order valence-corrected chi connectivity index (χ3v) is 4.06. The minimum absolute atomic E-state index is 0.446. The molecule has 0 saturated heterocycles. The van der Waals surface area contributed by atoms with Gasteiger partial charge in [0.15, 0.2) is 5.17 Å². The van der Waals surface area contributed by atoms with Crippen LogP contribution in [0.5, 0.6) is 0 Å². The maximum atomic E-state index is 11.2. The van der Waals surface area contributed by atoms with E-state index in [1.54, 1.807) is 11.8 Å². The average molecular weight is 313 g/mol. The maximum Gasteiger partial charge on any atom is 0.412 e. The Bertz CT molecular complexity index is 493. The molecule has 0 spiro atoms. The number of nitrogens with zero attached hydrogens (tertiary/aromatic N) is 1. The number of carbonyl (C=O) groups excluding carboxylic acids is 1. The van der Waals surface area contributed by atoms with Crippen molar-refractivity contribution in [3.05, 3.63) is 18.2 Å². The van der Waals surface area contributed by atoms with E-state index < -0.39 is 6.09 Å².